The summed E-state index contributed by atoms with van der Waals surface area (Å²) in [4.78, 5) is 24.0. The summed E-state index contributed by atoms with van der Waals surface area (Å²) >= 11 is 0. The van der Waals surface area contributed by atoms with E-state index in [0.29, 0.717) is 5.92 Å². The van der Waals surface area contributed by atoms with Crippen LogP contribution in [0.1, 0.15) is 50.3 Å². The van der Waals surface area contributed by atoms with Gasteiger partial charge < -0.3 is 10.6 Å². The van der Waals surface area contributed by atoms with Gasteiger partial charge in [-0.1, -0.05) is 62.4 Å². The van der Waals surface area contributed by atoms with Crippen LogP contribution in [-0.4, -0.2) is 11.8 Å². The second-order valence-electron chi connectivity index (χ2n) is 6.16. The smallest absolute Gasteiger partial charge is 0.226 e. The molecule has 0 aliphatic rings. The van der Waals surface area contributed by atoms with Gasteiger partial charge in [0.25, 0.3) is 0 Å². The highest BCUT2D eigenvalue weighted by Gasteiger charge is 2.18. The second kappa shape index (κ2) is 8.29. The molecule has 2 aromatic carbocycles. The molecule has 4 nitrogen and oxygen atoms in total. The van der Waals surface area contributed by atoms with Crippen LogP contribution in [0.25, 0.3) is 0 Å². The highest BCUT2D eigenvalue weighted by Crippen LogP contribution is 2.25. The molecule has 0 saturated carbocycles. The molecule has 4 heteroatoms. The number of carbonyl (C=O) groups is 2. The molecule has 0 aromatic heterocycles. The molecule has 0 radical (unpaired) electrons. The van der Waals surface area contributed by atoms with Gasteiger partial charge in [-0.3, -0.25) is 9.59 Å². The lowest BCUT2D eigenvalue weighted by Gasteiger charge is -2.19. The zero-order valence-electron chi connectivity index (χ0n) is 14.4. The molecule has 0 saturated heterocycles. The fourth-order valence-corrected chi connectivity index (χ4v) is 2.68. The van der Waals surface area contributed by atoms with E-state index < -0.39 is 0 Å². The number of carbonyl (C=O) groups excluding carboxylic acids is 2. The van der Waals surface area contributed by atoms with Crippen molar-refractivity contribution in [3.63, 3.8) is 0 Å². The van der Waals surface area contributed by atoms with Crippen molar-refractivity contribution in [2.75, 3.05) is 5.32 Å². The minimum Gasteiger partial charge on any atom is -0.349 e. The third kappa shape index (κ3) is 4.95. The standard InChI is InChI=1S/C20H24N2O2/c1-14(2)17-11-7-8-12-18(17)22-20(24)13-19(21-15(3)23)16-9-5-4-6-10-16/h4-12,14,19H,13H2,1-3H3,(H,21,23)(H,22,24)/t19-/m0/s1. The summed E-state index contributed by atoms with van der Waals surface area (Å²) in [5.41, 5.74) is 2.84. The Balaban J connectivity index is 2.12. The Morgan fingerprint density at radius 3 is 2.21 bits per heavy atom. The van der Waals surface area contributed by atoms with Crippen molar-refractivity contribution >= 4 is 17.5 Å². The Morgan fingerprint density at radius 2 is 1.58 bits per heavy atom. The van der Waals surface area contributed by atoms with Crippen LogP contribution in [0.3, 0.4) is 0 Å². The maximum atomic E-state index is 12.5. The van der Waals surface area contributed by atoms with Crippen LogP contribution in [0.5, 0.6) is 0 Å². The Hall–Kier alpha value is -2.62. The zero-order valence-corrected chi connectivity index (χ0v) is 14.4. The van der Waals surface area contributed by atoms with E-state index in [-0.39, 0.29) is 24.3 Å². The number of hydrogen-bond acceptors (Lipinski definition) is 2. The van der Waals surface area contributed by atoms with E-state index in [9.17, 15) is 9.59 Å². The maximum Gasteiger partial charge on any atom is 0.226 e. The van der Waals surface area contributed by atoms with Crippen LogP contribution in [0.4, 0.5) is 5.69 Å². The third-order valence-electron chi connectivity index (χ3n) is 3.83. The average Bonchev–Trinajstić information content (AvgIpc) is 2.55. The first-order valence-corrected chi connectivity index (χ1v) is 8.18. The lowest BCUT2D eigenvalue weighted by molar-refractivity contribution is -0.120. The summed E-state index contributed by atoms with van der Waals surface area (Å²) in [5, 5.41) is 5.83. The van der Waals surface area contributed by atoms with Gasteiger partial charge in [-0.05, 0) is 23.1 Å². The van der Waals surface area contributed by atoms with Crippen LogP contribution in [0, 0.1) is 0 Å². The first-order chi connectivity index (χ1) is 11.5. The lowest BCUT2D eigenvalue weighted by atomic mass is 10.0. The summed E-state index contributed by atoms with van der Waals surface area (Å²) in [7, 11) is 0. The number of rotatable bonds is 6. The molecular weight excluding hydrogens is 300 g/mol. The molecule has 0 unspecified atom stereocenters. The molecular formula is C20H24N2O2. The van der Waals surface area contributed by atoms with Crippen LogP contribution in [0.15, 0.2) is 54.6 Å². The topological polar surface area (TPSA) is 58.2 Å². The Labute approximate surface area is 143 Å². The van der Waals surface area contributed by atoms with Gasteiger partial charge in [0, 0.05) is 12.6 Å². The molecule has 0 spiro atoms. The maximum absolute atomic E-state index is 12.5. The fourth-order valence-electron chi connectivity index (χ4n) is 2.68. The zero-order chi connectivity index (χ0) is 17.5. The molecule has 0 aliphatic carbocycles. The Bertz CT molecular complexity index is 696. The van der Waals surface area contributed by atoms with Gasteiger partial charge in [-0.2, -0.15) is 0 Å². The van der Waals surface area contributed by atoms with Crippen molar-refractivity contribution in [3.05, 3.63) is 65.7 Å². The molecule has 0 bridgehead atoms. The van der Waals surface area contributed by atoms with Gasteiger partial charge in [0.15, 0.2) is 0 Å². The van der Waals surface area contributed by atoms with Crippen molar-refractivity contribution in [1.29, 1.82) is 0 Å². The number of para-hydroxylation sites is 1. The molecule has 2 amide bonds. The van der Waals surface area contributed by atoms with Gasteiger partial charge >= 0.3 is 0 Å². The highest BCUT2D eigenvalue weighted by molar-refractivity contribution is 5.92. The molecule has 126 valence electrons. The van der Waals surface area contributed by atoms with Crippen molar-refractivity contribution in [1.82, 2.24) is 5.32 Å². The van der Waals surface area contributed by atoms with Crippen LogP contribution < -0.4 is 10.6 Å². The fraction of sp³-hybridized carbons (Fsp3) is 0.300. The molecule has 1 atom stereocenters. The van der Waals surface area contributed by atoms with E-state index in [4.69, 9.17) is 0 Å². The number of nitrogens with one attached hydrogen (secondary N) is 2. The second-order valence-corrected chi connectivity index (χ2v) is 6.16. The number of amides is 2. The van der Waals surface area contributed by atoms with Crippen LogP contribution in [0.2, 0.25) is 0 Å². The lowest BCUT2D eigenvalue weighted by Crippen LogP contribution is -2.29. The summed E-state index contributed by atoms with van der Waals surface area (Å²) in [6.45, 7) is 5.64. The van der Waals surface area contributed by atoms with Gasteiger partial charge in [0.2, 0.25) is 11.8 Å². The van der Waals surface area contributed by atoms with E-state index in [2.05, 4.69) is 24.5 Å². The first-order valence-electron chi connectivity index (χ1n) is 8.18. The molecule has 2 aromatic rings. The summed E-state index contributed by atoms with van der Waals surface area (Å²) < 4.78 is 0. The van der Waals surface area contributed by atoms with Gasteiger partial charge in [0.05, 0.1) is 12.5 Å². The largest absolute Gasteiger partial charge is 0.349 e. The van der Waals surface area contributed by atoms with Crippen molar-refractivity contribution < 1.29 is 9.59 Å². The number of benzene rings is 2. The summed E-state index contributed by atoms with van der Waals surface area (Å²) in [6.07, 6.45) is 0.190. The quantitative estimate of drug-likeness (QED) is 0.843. The van der Waals surface area contributed by atoms with E-state index in [1.807, 2.05) is 54.6 Å². The molecule has 2 rings (SSSR count). The normalized spacial score (nSPS) is 11.8. The third-order valence-corrected chi connectivity index (χ3v) is 3.83. The minimum absolute atomic E-state index is 0.120. The van der Waals surface area contributed by atoms with Crippen molar-refractivity contribution in [2.24, 2.45) is 0 Å². The van der Waals surface area contributed by atoms with E-state index in [1.165, 1.54) is 6.92 Å². The van der Waals surface area contributed by atoms with Crippen molar-refractivity contribution in [3.8, 4) is 0 Å². The number of hydrogen-bond donors (Lipinski definition) is 2. The van der Waals surface area contributed by atoms with Gasteiger partial charge in [0.1, 0.15) is 0 Å². The predicted molar refractivity (Wildman–Crippen MR) is 96.8 cm³/mol. The monoisotopic (exact) mass is 324 g/mol. The molecule has 2 N–H and O–H groups in total. The SMILES string of the molecule is CC(=O)N[C@@H](CC(=O)Nc1ccccc1C(C)C)c1ccccc1. The molecule has 0 heterocycles. The number of anilines is 1. The van der Waals surface area contributed by atoms with Gasteiger partial charge in [-0.25, -0.2) is 0 Å². The highest BCUT2D eigenvalue weighted by atomic mass is 16.2. The Kier molecular flexibility index (Phi) is 6.13. The Morgan fingerprint density at radius 1 is 0.958 bits per heavy atom. The van der Waals surface area contributed by atoms with E-state index in [1.54, 1.807) is 0 Å². The minimum atomic E-state index is -0.338. The van der Waals surface area contributed by atoms with Crippen LogP contribution in [-0.2, 0) is 9.59 Å². The average molecular weight is 324 g/mol. The summed E-state index contributed by atoms with van der Waals surface area (Å²) in [6, 6.07) is 17.0. The predicted octanol–water partition coefficient (Wildman–Crippen LogP) is 4.02. The van der Waals surface area contributed by atoms with Crippen molar-refractivity contribution in [2.45, 2.75) is 39.2 Å². The van der Waals surface area contributed by atoms with Gasteiger partial charge in [-0.15, -0.1) is 0 Å². The molecule has 0 fully saturated rings. The van der Waals surface area contributed by atoms with E-state index in [0.717, 1.165) is 16.8 Å². The van der Waals surface area contributed by atoms with E-state index >= 15 is 0 Å². The molecule has 24 heavy (non-hydrogen) atoms. The molecule has 0 aliphatic heterocycles. The summed E-state index contributed by atoms with van der Waals surface area (Å²) in [5.74, 6) is 0.0479. The van der Waals surface area contributed by atoms with Crippen LogP contribution >= 0.6 is 0 Å². The first kappa shape index (κ1) is 17.7.